The maximum Gasteiger partial charge on any atom is 0.332 e. The highest BCUT2D eigenvalue weighted by molar-refractivity contribution is 5.52. The Balaban J connectivity index is 2.03. The Hall–Kier alpha value is -2.92. The predicted molar refractivity (Wildman–Crippen MR) is 91.2 cm³/mol. The first kappa shape index (κ1) is 16.9. The van der Waals surface area contributed by atoms with E-state index in [1.807, 2.05) is 18.2 Å². The quantitative estimate of drug-likeness (QED) is 0.881. The molecule has 3 heterocycles. The molecule has 2 atom stereocenters. The molecule has 2 aromatic rings. The third kappa shape index (κ3) is 3.06. The van der Waals surface area contributed by atoms with Crippen molar-refractivity contribution in [1.82, 2.24) is 14.1 Å². The van der Waals surface area contributed by atoms with Gasteiger partial charge in [-0.05, 0) is 30.5 Å². The van der Waals surface area contributed by atoms with Crippen LogP contribution in [0.5, 0.6) is 0 Å². The Morgan fingerprint density at radius 2 is 2.00 bits per heavy atom. The number of pyridine rings is 1. The average molecular weight is 341 g/mol. The fourth-order valence-corrected chi connectivity index (χ4v) is 3.10. The Kier molecular flexibility index (Phi) is 4.67. The van der Waals surface area contributed by atoms with Gasteiger partial charge in [0.15, 0.2) is 5.56 Å². The lowest BCUT2D eigenvalue weighted by Gasteiger charge is -2.33. The molecule has 3 rings (SSSR count). The van der Waals surface area contributed by atoms with E-state index in [4.69, 9.17) is 4.74 Å². The van der Waals surface area contributed by atoms with Crippen molar-refractivity contribution in [3.8, 4) is 6.07 Å². The second-order valence-electron chi connectivity index (χ2n) is 6.01. The molecule has 0 aliphatic carbocycles. The normalized spacial score (nSPS) is 20.0. The van der Waals surface area contributed by atoms with Crippen LogP contribution < -0.4 is 16.6 Å². The van der Waals surface area contributed by atoms with Gasteiger partial charge in [-0.2, -0.15) is 5.26 Å². The summed E-state index contributed by atoms with van der Waals surface area (Å²) >= 11 is 0. The van der Waals surface area contributed by atoms with Crippen LogP contribution in [0.1, 0.15) is 30.1 Å². The lowest BCUT2D eigenvalue weighted by atomic mass is 9.96. The minimum absolute atomic E-state index is 0.0800. The Morgan fingerprint density at radius 1 is 1.28 bits per heavy atom. The van der Waals surface area contributed by atoms with Gasteiger partial charge in [0.05, 0.1) is 6.04 Å². The van der Waals surface area contributed by atoms with Crippen molar-refractivity contribution in [1.29, 1.82) is 5.26 Å². The highest BCUT2D eigenvalue weighted by Crippen LogP contribution is 2.30. The molecule has 0 aromatic carbocycles. The van der Waals surface area contributed by atoms with E-state index in [9.17, 15) is 14.9 Å². The summed E-state index contributed by atoms with van der Waals surface area (Å²) in [5.74, 6) is 0.227. The molecule has 1 saturated heterocycles. The van der Waals surface area contributed by atoms with Crippen LogP contribution in [0.2, 0.25) is 0 Å². The summed E-state index contributed by atoms with van der Waals surface area (Å²) in [6.45, 7) is 0.631. The number of nitrogens with zero attached hydrogens (tertiary/aromatic N) is 4. The summed E-state index contributed by atoms with van der Waals surface area (Å²) in [7, 11) is 2.90. The van der Waals surface area contributed by atoms with Crippen LogP contribution in [0, 0.1) is 11.3 Å². The monoisotopic (exact) mass is 341 g/mol. The van der Waals surface area contributed by atoms with E-state index in [-0.39, 0.29) is 23.5 Å². The first-order valence-electron chi connectivity index (χ1n) is 8.02. The van der Waals surface area contributed by atoms with Crippen LogP contribution in [0.25, 0.3) is 0 Å². The van der Waals surface area contributed by atoms with Gasteiger partial charge in [0, 0.05) is 33.1 Å². The third-order valence-corrected chi connectivity index (χ3v) is 4.46. The van der Waals surface area contributed by atoms with E-state index in [1.165, 1.54) is 18.7 Å². The van der Waals surface area contributed by atoms with Gasteiger partial charge in [-0.1, -0.05) is 0 Å². The van der Waals surface area contributed by atoms with Crippen LogP contribution >= 0.6 is 0 Å². The summed E-state index contributed by atoms with van der Waals surface area (Å²) in [5.41, 5.74) is -0.211. The molecule has 1 aliphatic heterocycles. The van der Waals surface area contributed by atoms with Crippen LogP contribution in [-0.4, -0.2) is 26.8 Å². The summed E-state index contributed by atoms with van der Waals surface area (Å²) in [6.07, 6.45) is 4.78. The minimum Gasteiger partial charge on any atom is -0.371 e. The summed E-state index contributed by atoms with van der Waals surface area (Å²) in [6, 6.07) is 5.49. The van der Waals surface area contributed by atoms with Gasteiger partial charge in [0.2, 0.25) is 0 Å². The summed E-state index contributed by atoms with van der Waals surface area (Å²) in [4.78, 5) is 28.5. The van der Waals surface area contributed by atoms with Gasteiger partial charge in [0.1, 0.15) is 18.0 Å². The zero-order chi connectivity index (χ0) is 18.0. The van der Waals surface area contributed by atoms with E-state index >= 15 is 0 Å². The standard InChI is InChI=1S/C17H19N5O3/c1-21-15(12(10-18)16(23)22(2)17(21)24)20-13-4-3-9-25-14(13)11-5-7-19-8-6-11/h5-8,13-14,20H,3-4,9H2,1-2H3/t13-,14+/m0/s1. The van der Waals surface area contributed by atoms with Gasteiger partial charge in [-0.25, -0.2) is 4.79 Å². The maximum absolute atomic E-state index is 12.2. The van der Waals surface area contributed by atoms with E-state index in [0.29, 0.717) is 6.61 Å². The molecule has 0 spiro atoms. The van der Waals surface area contributed by atoms with Gasteiger partial charge in [-0.3, -0.25) is 18.9 Å². The molecule has 8 nitrogen and oxygen atoms in total. The van der Waals surface area contributed by atoms with Crippen molar-refractivity contribution in [2.75, 3.05) is 11.9 Å². The number of hydrogen-bond donors (Lipinski definition) is 1. The number of anilines is 1. The topological polar surface area (TPSA) is 102 Å². The molecule has 0 radical (unpaired) electrons. The van der Waals surface area contributed by atoms with Crippen LogP contribution in [0.15, 0.2) is 34.1 Å². The zero-order valence-corrected chi connectivity index (χ0v) is 14.1. The number of nitrogens with one attached hydrogen (secondary N) is 1. The van der Waals surface area contributed by atoms with Crippen molar-refractivity contribution < 1.29 is 4.74 Å². The number of hydrogen-bond acceptors (Lipinski definition) is 6. The molecule has 1 aliphatic rings. The molecular weight excluding hydrogens is 322 g/mol. The van der Waals surface area contributed by atoms with E-state index in [2.05, 4.69) is 10.3 Å². The lowest BCUT2D eigenvalue weighted by molar-refractivity contribution is 0.00541. The van der Waals surface area contributed by atoms with E-state index in [1.54, 1.807) is 12.4 Å². The van der Waals surface area contributed by atoms with Gasteiger partial charge >= 0.3 is 5.69 Å². The fourth-order valence-electron chi connectivity index (χ4n) is 3.10. The molecule has 8 heteroatoms. The van der Waals surface area contributed by atoms with Crippen LogP contribution in [0.4, 0.5) is 5.82 Å². The van der Waals surface area contributed by atoms with Crippen molar-refractivity contribution in [3.63, 3.8) is 0 Å². The van der Waals surface area contributed by atoms with Gasteiger partial charge in [-0.15, -0.1) is 0 Å². The number of aromatic nitrogens is 3. The molecule has 0 unspecified atom stereocenters. The Morgan fingerprint density at radius 3 is 2.68 bits per heavy atom. The predicted octanol–water partition coefficient (Wildman–Crippen LogP) is 0.683. The van der Waals surface area contributed by atoms with Crippen molar-refractivity contribution in [3.05, 3.63) is 56.5 Å². The maximum atomic E-state index is 12.2. The van der Waals surface area contributed by atoms with E-state index < -0.39 is 11.2 Å². The molecule has 130 valence electrons. The number of ether oxygens (including phenoxy) is 1. The van der Waals surface area contributed by atoms with Crippen molar-refractivity contribution >= 4 is 5.82 Å². The smallest absolute Gasteiger partial charge is 0.332 e. The third-order valence-electron chi connectivity index (χ3n) is 4.46. The molecule has 2 aromatic heterocycles. The largest absolute Gasteiger partial charge is 0.371 e. The first-order chi connectivity index (χ1) is 12.0. The summed E-state index contributed by atoms with van der Waals surface area (Å²) in [5, 5.41) is 12.6. The minimum atomic E-state index is -0.606. The van der Waals surface area contributed by atoms with Crippen LogP contribution in [-0.2, 0) is 18.8 Å². The van der Waals surface area contributed by atoms with Gasteiger partial charge in [0.25, 0.3) is 5.56 Å². The molecule has 1 N–H and O–H groups in total. The molecule has 0 amide bonds. The highest BCUT2D eigenvalue weighted by atomic mass is 16.5. The van der Waals surface area contributed by atoms with Crippen LogP contribution in [0.3, 0.4) is 0 Å². The zero-order valence-electron chi connectivity index (χ0n) is 14.1. The molecule has 0 saturated carbocycles. The first-order valence-corrected chi connectivity index (χ1v) is 8.02. The highest BCUT2D eigenvalue weighted by Gasteiger charge is 2.29. The fraction of sp³-hybridized carbons (Fsp3) is 0.412. The SMILES string of the molecule is Cn1c(N[C@H]2CCCO[C@@H]2c2ccncc2)c(C#N)c(=O)n(C)c1=O. The van der Waals surface area contributed by atoms with Crippen molar-refractivity contribution in [2.45, 2.75) is 25.0 Å². The summed E-state index contributed by atoms with van der Waals surface area (Å²) < 4.78 is 8.12. The molecule has 25 heavy (non-hydrogen) atoms. The number of rotatable bonds is 3. The Bertz CT molecular complexity index is 926. The Labute approximate surface area is 144 Å². The lowest BCUT2D eigenvalue weighted by Crippen LogP contribution is -2.42. The molecular formula is C17H19N5O3. The van der Waals surface area contributed by atoms with E-state index in [0.717, 1.165) is 23.0 Å². The average Bonchev–Trinajstić information content (AvgIpc) is 2.66. The number of nitriles is 1. The second kappa shape index (κ2) is 6.91. The second-order valence-corrected chi connectivity index (χ2v) is 6.01. The van der Waals surface area contributed by atoms with Gasteiger partial charge < -0.3 is 10.1 Å². The van der Waals surface area contributed by atoms with Crippen molar-refractivity contribution in [2.24, 2.45) is 14.1 Å². The molecule has 0 bridgehead atoms. The molecule has 1 fully saturated rings.